The van der Waals surface area contributed by atoms with E-state index >= 15 is 0 Å². The molecule has 146 valence electrons. The third-order valence-electron chi connectivity index (χ3n) is 4.72. The molecule has 4 heteroatoms. The predicted octanol–water partition coefficient (Wildman–Crippen LogP) is 4.07. The number of nitrogens with zero attached hydrogens (tertiary/aromatic N) is 1. The molecular weight excluding hydrogens is 336 g/mol. The molecule has 0 bridgehead atoms. The van der Waals surface area contributed by atoms with Gasteiger partial charge in [0.25, 0.3) is 0 Å². The van der Waals surface area contributed by atoms with Crippen LogP contribution in [0.2, 0.25) is 0 Å². The molecule has 2 rings (SSSR count). The van der Waals surface area contributed by atoms with E-state index in [2.05, 4.69) is 48.3 Å². The Balaban J connectivity index is 1.76. The third-order valence-corrected chi connectivity index (χ3v) is 4.72. The minimum absolute atomic E-state index is 0.0476. The lowest BCUT2D eigenvalue weighted by molar-refractivity contribution is -0.123. The fraction of sp³-hybridized carbons (Fsp3) is 0.435. The maximum atomic E-state index is 12.5. The second-order valence-corrected chi connectivity index (χ2v) is 7.39. The van der Waals surface area contributed by atoms with Gasteiger partial charge in [-0.1, -0.05) is 56.3 Å². The topological polar surface area (TPSA) is 41.6 Å². The van der Waals surface area contributed by atoms with Gasteiger partial charge in [-0.15, -0.1) is 0 Å². The highest BCUT2D eigenvalue weighted by Crippen LogP contribution is 2.21. The third kappa shape index (κ3) is 7.06. The number of carbonyl (C=O) groups excluding carboxylic acids is 1. The van der Waals surface area contributed by atoms with Crippen LogP contribution >= 0.6 is 0 Å². The molecule has 2 aromatic rings. The zero-order valence-corrected chi connectivity index (χ0v) is 16.9. The first kappa shape index (κ1) is 21.0. The van der Waals surface area contributed by atoms with E-state index < -0.39 is 0 Å². The first-order valence-corrected chi connectivity index (χ1v) is 9.65. The molecule has 0 radical (unpaired) electrons. The predicted molar refractivity (Wildman–Crippen MR) is 111 cm³/mol. The van der Waals surface area contributed by atoms with Gasteiger partial charge < -0.3 is 10.1 Å². The highest BCUT2D eigenvalue weighted by molar-refractivity contribution is 5.78. The van der Waals surface area contributed by atoms with Gasteiger partial charge in [-0.25, -0.2) is 0 Å². The molecule has 1 atom stereocenters. The summed E-state index contributed by atoms with van der Waals surface area (Å²) in [5.74, 6) is 1.30. The van der Waals surface area contributed by atoms with Crippen LogP contribution < -0.4 is 10.1 Å². The van der Waals surface area contributed by atoms with Crippen molar-refractivity contribution in [1.82, 2.24) is 10.2 Å². The molecule has 0 aliphatic heterocycles. The van der Waals surface area contributed by atoms with Gasteiger partial charge in [0, 0.05) is 0 Å². The number of nitrogens with one attached hydrogen (secondary N) is 1. The Morgan fingerprint density at radius 3 is 2.33 bits per heavy atom. The Hall–Kier alpha value is -2.33. The van der Waals surface area contributed by atoms with E-state index in [9.17, 15) is 4.79 Å². The van der Waals surface area contributed by atoms with Gasteiger partial charge >= 0.3 is 0 Å². The van der Waals surface area contributed by atoms with Crippen molar-refractivity contribution in [2.24, 2.45) is 5.92 Å². The summed E-state index contributed by atoms with van der Waals surface area (Å²) in [5, 5.41) is 3.19. The Labute approximate surface area is 163 Å². The van der Waals surface area contributed by atoms with E-state index in [0.717, 1.165) is 30.7 Å². The van der Waals surface area contributed by atoms with Crippen LogP contribution in [0.4, 0.5) is 0 Å². The van der Waals surface area contributed by atoms with E-state index in [1.807, 2.05) is 37.4 Å². The average molecular weight is 369 g/mol. The molecule has 2 aromatic carbocycles. The van der Waals surface area contributed by atoms with Crippen molar-refractivity contribution in [3.05, 3.63) is 65.7 Å². The van der Waals surface area contributed by atoms with Gasteiger partial charge in [0.2, 0.25) is 5.91 Å². The number of ether oxygens (including phenoxy) is 1. The van der Waals surface area contributed by atoms with Gasteiger partial charge in [-0.2, -0.15) is 0 Å². The smallest absolute Gasteiger partial charge is 0.234 e. The van der Waals surface area contributed by atoms with Crippen molar-refractivity contribution in [3.8, 4) is 5.75 Å². The lowest BCUT2D eigenvalue weighted by Crippen LogP contribution is -2.39. The van der Waals surface area contributed by atoms with Crippen molar-refractivity contribution >= 4 is 5.91 Å². The lowest BCUT2D eigenvalue weighted by Gasteiger charge is -2.24. The summed E-state index contributed by atoms with van der Waals surface area (Å²) in [4.78, 5) is 14.6. The number of amides is 1. The van der Waals surface area contributed by atoms with E-state index in [-0.39, 0.29) is 11.9 Å². The molecule has 0 aromatic heterocycles. The van der Waals surface area contributed by atoms with E-state index in [0.29, 0.717) is 12.5 Å². The molecule has 1 N–H and O–H groups in total. The van der Waals surface area contributed by atoms with Gasteiger partial charge in [0.05, 0.1) is 19.7 Å². The Morgan fingerprint density at radius 1 is 1.07 bits per heavy atom. The molecule has 0 aliphatic carbocycles. The summed E-state index contributed by atoms with van der Waals surface area (Å²) < 4.78 is 5.18. The SMILES string of the molecule is COc1ccc(CCCN(C)CC(=O)NC(c2ccccc2)C(C)C)cc1. The van der Waals surface area contributed by atoms with Crippen LogP contribution in [0.1, 0.15) is 37.4 Å². The van der Waals surface area contributed by atoms with Crippen LogP contribution in [0.25, 0.3) is 0 Å². The Bertz CT molecular complexity index is 683. The Kier molecular flexibility index (Phi) is 8.34. The minimum Gasteiger partial charge on any atom is -0.497 e. The zero-order valence-electron chi connectivity index (χ0n) is 16.9. The number of methoxy groups -OCH3 is 1. The van der Waals surface area contributed by atoms with Crippen molar-refractivity contribution in [3.63, 3.8) is 0 Å². The van der Waals surface area contributed by atoms with Crippen LogP contribution in [0.15, 0.2) is 54.6 Å². The lowest BCUT2D eigenvalue weighted by atomic mass is 9.96. The summed E-state index contributed by atoms with van der Waals surface area (Å²) in [7, 11) is 3.68. The summed E-state index contributed by atoms with van der Waals surface area (Å²) in [5.41, 5.74) is 2.45. The molecule has 0 aliphatic rings. The highest BCUT2D eigenvalue weighted by atomic mass is 16.5. The quantitative estimate of drug-likeness (QED) is 0.687. The first-order chi connectivity index (χ1) is 13.0. The summed E-state index contributed by atoms with van der Waals surface area (Å²) in [6.07, 6.45) is 2.01. The molecule has 4 nitrogen and oxygen atoms in total. The van der Waals surface area contributed by atoms with Gasteiger partial charge in [-0.3, -0.25) is 9.69 Å². The largest absolute Gasteiger partial charge is 0.497 e. The number of hydrogen-bond acceptors (Lipinski definition) is 3. The maximum absolute atomic E-state index is 12.5. The number of carbonyl (C=O) groups is 1. The second-order valence-electron chi connectivity index (χ2n) is 7.39. The van der Waals surface area contributed by atoms with Gasteiger partial charge in [0.1, 0.15) is 5.75 Å². The Morgan fingerprint density at radius 2 is 1.74 bits per heavy atom. The molecule has 0 saturated carbocycles. The van der Waals surface area contributed by atoms with Crippen LogP contribution in [0.3, 0.4) is 0 Å². The molecule has 27 heavy (non-hydrogen) atoms. The fourth-order valence-corrected chi connectivity index (χ4v) is 3.18. The normalized spacial score (nSPS) is 12.2. The van der Waals surface area contributed by atoms with Crippen LogP contribution in [-0.2, 0) is 11.2 Å². The molecular formula is C23H32N2O2. The van der Waals surface area contributed by atoms with E-state index in [4.69, 9.17) is 4.74 Å². The average Bonchev–Trinajstić information content (AvgIpc) is 2.67. The first-order valence-electron chi connectivity index (χ1n) is 9.65. The number of aryl methyl sites for hydroxylation is 1. The molecule has 0 fully saturated rings. The van der Waals surface area contributed by atoms with Gasteiger partial charge in [-0.05, 0) is 55.6 Å². The monoisotopic (exact) mass is 368 g/mol. The molecule has 0 heterocycles. The number of benzene rings is 2. The molecule has 0 saturated heterocycles. The maximum Gasteiger partial charge on any atom is 0.234 e. The van der Waals surface area contributed by atoms with Crippen molar-refractivity contribution in [2.75, 3.05) is 27.2 Å². The van der Waals surface area contributed by atoms with Crippen LogP contribution in [0, 0.1) is 5.92 Å². The van der Waals surface area contributed by atoms with Gasteiger partial charge in [0.15, 0.2) is 0 Å². The van der Waals surface area contributed by atoms with E-state index in [1.165, 1.54) is 5.56 Å². The second kappa shape index (κ2) is 10.7. The minimum atomic E-state index is 0.0476. The zero-order chi connectivity index (χ0) is 19.6. The van der Waals surface area contributed by atoms with Crippen LogP contribution in [-0.4, -0.2) is 38.1 Å². The summed E-state index contributed by atoms with van der Waals surface area (Å²) in [6, 6.07) is 18.4. The summed E-state index contributed by atoms with van der Waals surface area (Å²) in [6.45, 7) is 5.57. The molecule has 1 amide bonds. The van der Waals surface area contributed by atoms with Crippen molar-refractivity contribution < 1.29 is 9.53 Å². The number of rotatable bonds is 10. The van der Waals surface area contributed by atoms with Crippen LogP contribution in [0.5, 0.6) is 5.75 Å². The highest BCUT2D eigenvalue weighted by Gasteiger charge is 2.18. The fourth-order valence-electron chi connectivity index (χ4n) is 3.18. The van der Waals surface area contributed by atoms with Crippen molar-refractivity contribution in [1.29, 1.82) is 0 Å². The molecule has 0 spiro atoms. The van der Waals surface area contributed by atoms with E-state index in [1.54, 1.807) is 7.11 Å². The molecule has 1 unspecified atom stereocenters. The number of likely N-dealkylation sites (N-methyl/N-ethyl adjacent to an activating group) is 1. The number of hydrogen-bond donors (Lipinski definition) is 1. The van der Waals surface area contributed by atoms with Crippen molar-refractivity contribution in [2.45, 2.75) is 32.7 Å². The summed E-state index contributed by atoms with van der Waals surface area (Å²) >= 11 is 0. The standard InChI is InChI=1S/C23H32N2O2/c1-18(2)23(20-10-6-5-7-11-20)24-22(26)17-25(3)16-8-9-19-12-14-21(27-4)15-13-19/h5-7,10-15,18,23H,8-9,16-17H2,1-4H3,(H,24,26).